The third-order valence-corrected chi connectivity index (χ3v) is 19.7. The first-order valence-electron chi connectivity index (χ1n) is 31.1. The van der Waals surface area contributed by atoms with Crippen LogP contribution < -0.4 is 10.6 Å². The zero-order valence-electron chi connectivity index (χ0n) is 52.0. The lowest BCUT2D eigenvalue weighted by Crippen LogP contribution is -2.14. The standard InChI is InChI=1S/C41H28Cl2N2O.C24H20ClN.C12H9NO.C6H4BrCl/c1-41(2)34-17-6-3-14-32(34)39-38(41)33-15-4-7-18-35(33)45(39)29-23-26(43)22-28(24-29)44(27-12-9-11-25(42)21-27)36-19-10-16-31-30-13-5-8-20-37(30)46-40(31)36;1-15-12-16(25)14-17(13-15)26-21-11-7-5-9-19(21)22-23(26)18-8-4-6-10-20(18)24(22,2)3;13-10-6-3-5-9-8-4-1-2-7-11(8)14-12(9)10;7-5-2-1-3-6(8)4-5/h3-24H,1-2H3;4-14H,1-3H3;1-7H,13H2;1-4H. The van der Waals surface area contributed by atoms with Gasteiger partial charge in [-0.1, -0.05) is 248 Å². The van der Waals surface area contributed by atoms with E-state index in [0.717, 1.165) is 92.3 Å². The number of aromatic nitrogens is 2. The molecule has 94 heavy (non-hydrogen) atoms. The molecule has 18 rings (SSSR count). The highest BCUT2D eigenvalue weighted by Crippen LogP contribution is 2.56. The molecule has 2 aliphatic rings. The van der Waals surface area contributed by atoms with Crippen molar-refractivity contribution in [3.63, 3.8) is 0 Å². The first-order valence-corrected chi connectivity index (χ1v) is 33.4. The molecule has 0 atom stereocenters. The lowest BCUT2D eigenvalue weighted by molar-refractivity contribution is 0.666. The van der Waals surface area contributed by atoms with Crippen LogP contribution in [0.4, 0.5) is 22.7 Å². The fraction of sp³-hybridized carbons (Fsp3) is 0.0843. The number of fused-ring (bicyclic) bond motifs is 16. The zero-order valence-corrected chi connectivity index (χ0v) is 56.6. The molecule has 0 fully saturated rings. The van der Waals surface area contributed by atoms with Gasteiger partial charge in [0.2, 0.25) is 0 Å². The number of nitrogen functional groups attached to an aromatic ring is 1. The maximum atomic E-state index is 7.07. The topological polar surface area (TPSA) is 65.4 Å². The van der Waals surface area contributed by atoms with Crippen molar-refractivity contribution in [3.8, 4) is 33.9 Å². The van der Waals surface area contributed by atoms with E-state index >= 15 is 0 Å². The van der Waals surface area contributed by atoms with Crippen LogP contribution in [0.2, 0.25) is 20.1 Å². The number of nitrogens with zero attached hydrogens (tertiary/aromatic N) is 3. The van der Waals surface area contributed by atoms with Gasteiger partial charge in [-0.05, 0) is 144 Å². The average molecular weight is 1370 g/mol. The highest BCUT2D eigenvalue weighted by Gasteiger charge is 2.42. The van der Waals surface area contributed by atoms with Gasteiger partial charge in [0.25, 0.3) is 0 Å². The SMILES string of the molecule is CC1(C)c2ccccc2-c2c1c1ccccc1n2-c1cc(Cl)cc(N(c2cccc(Cl)c2)c2cccc3c2oc2ccccc23)c1.Cc1cc(Cl)cc(-n2c3c(c4ccccc42)C(C)(C)c2ccccc2-3)c1.Clc1cccc(Br)c1.Nc1cccc2c1oc1ccccc12. The molecule has 0 radical (unpaired) electrons. The van der Waals surface area contributed by atoms with Gasteiger partial charge in [-0.2, -0.15) is 0 Å². The average Bonchev–Trinajstić information content (AvgIpc) is 1.54. The molecular weight excluding hydrogens is 1310 g/mol. The summed E-state index contributed by atoms with van der Waals surface area (Å²) in [6.07, 6.45) is 0. The predicted molar refractivity (Wildman–Crippen MR) is 401 cm³/mol. The minimum atomic E-state index is -0.151. The molecule has 0 saturated heterocycles. The summed E-state index contributed by atoms with van der Waals surface area (Å²) in [5.74, 6) is 0. The summed E-state index contributed by atoms with van der Waals surface area (Å²) in [6.45, 7) is 11.4. The highest BCUT2D eigenvalue weighted by atomic mass is 79.9. The van der Waals surface area contributed by atoms with Crippen LogP contribution >= 0.6 is 62.3 Å². The Morgan fingerprint density at radius 1 is 0.394 bits per heavy atom. The number of halogens is 5. The van der Waals surface area contributed by atoms with E-state index in [1.807, 2.05) is 115 Å². The molecule has 2 N–H and O–H groups in total. The van der Waals surface area contributed by atoms with Crippen LogP contribution in [0.5, 0.6) is 0 Å². The first-order chi connectivity index (χ1) is 45.5. The second-order valence-electron chi connectivity index (χ2n) is 25.0. The largest absolute Gasteiger partial charge is 0.454 e. The minimum Gasteiger partial charge on any atom is -0.454 e. The van der Waals surface area contributed by atoms with E-state index in [4.69, 9.17) is 61.0 Å². The fourth-order valence-corrected chi connectivity index (χ4v) is 15.8. The number of hydrogen-bond donors (Lipinski definition) is 1. The smallest absolute Gasteiger partial charge is 0.159 e. The number of rotatable bonds is 5. The summed E-state index contributed by atoms with van der Waals surface area (Å²) in [6, 6.07) is 91.2. The van der Waals surface area contributed by atoms with Gasteiger partial charge >= 0.3 is 0 Å². The lowest BCUT2D eigenvalue weighted by atomic mass is 9.81. The molecule has 0 bridgehead atoms. The number of para-hydroxylation sites is 6. The van der Waals surface area contributed by atoms with Gasteiger partial charge in [0.1, 0.15) is 11.2 Å². The summed E-state index contributed by atoms with van der Waals surface area (Å²) < 4.78 is 18.0. The normalized spacial score (nSPS) is 13.0. The van der Waals surface area contributed by atoms with Crippen LogP contribution in [0.15, 0.2) is 280 Å². The van der Waals surface area contributed by atoms with Crippen molar-refractivity contribution in [1.82, 2.24) is 9.13 Å². The summed E-state index contributed by atoms with van der Waals surface area (Å²) in [5.41, 5.74) is 28.6. The van der Waals surface area contributed by atoms with Crippen molar-refractivity contribution < 1.29 is 8.83 Å². The Hall–Kier alpha value is -9.44. The molecule has 11 heteroatoms. The Bertz CT molecular complexity index is 5620. The predicted octanol–water partition coefficient (Wildman–Crippen LogP) is 25.8. The van der Waals surface area contributed by atoms with Gasteiger partial charge in [0.05, 0.1) is 33.8 Å². The molecule has 12 aromatic carbocycles. The Kier molecular flexibility index (Phi) is 15.6. The second-order valence-corrected chi connectivity index (χ2v) is 27.6. The van der Waals surface area contributed by atoms with Crippen molar-refractivity contribution >= 4 is 151 Å². The fourth-order valence-electron chi connectivity index (χ4n) is 14.4. The molecular formula is C83H61BrCl4N4O2. The zero-order chi connectivity index (χ0) is 64.7. The maximum Gasteiger partial charge on any atom is 0.159 e. The molecule has 0 unspecified atom stereocenters. The Balaban J connectivity index is 0.000000125. The van der Waals surface area contributed by atoms with E-state index in [0.29, 0.717) is 15.7 Å². The molecule has 4 aromatic heterocycles. The van der Waals surface area contributed by atoms with Crippen LogP contribution in [0.1, 0.15) is 55.5 Å². The van der Waals surface area contributed by atoms with Gasteiger partial charge in [-0.3, -0.25) is 0 Å². The third-order valence-electron chi connectivity index (χ3n) is 18.3. The van der Waals surface area contributed by atoms with Crippen molar-refractivity contribution in [2.75, 3.05) is 10.6 Å². The minimum absolute atomic E-state index is 0.0234. The summed E-state index contributed by atoms with van der Waals surface area (Å²) in [7, 11) is 0. The monoisotopic (exact) mass is 1360 g/mol. The van der Waals surface area contributed by atoms with Gasteiger partial charge in [-0.25, -0.2) is 0 Å². The van der Waals surface area contributed by atoms with Crippen molar-refractivity contribution in [3.05, 3.63) is 319 Å². The number of benzene rings is 12. The van der Waals surface area contributed by atoms with E-state index < -0.39 is 0 Å². The van der Waals surface area contributed by atoms with Crippen molar-refractivity contribution in [1.29, 1.82) is 0 Å². The quantitative estimate of drug-likeness (QED) is 0.174. The number of anilines is 4. The van der Waals surface area contributed by atoms with E-state index in [2.05, 4.69) is 216 Å². The van der Waals surface area contributed by atoms with Crippen LogP contribution in [0.3, 0.4) is 0 Å². The van der Waals surface area contributed by atoms with Gasteiger partial charge in [0, 0.05) is 102 Å². The molecule has 6 nitrogen and oxygen atoms in total. The second kappa shape index (κ2) is 24.2. The molecule has 460 valence electrons. The summed E-state index contributed by atoms with van der Waals surface area (Å²) in [4.78, 5) is 2.19. The van der Waals surface area contributed by atoms with E-state index in [9.17, 15) is 0 Å². The number of nitrogens with two attached hydrogens (primary N) is 1. The van der Waals surface area contributed by atoms with Gasteiger partial charge in [-0.15, -0.1) is 0 Å². The Labute approximate surface area is 573 Å². The number of furan rings is 2. The number of aryl methyl sites for hydroxylation is 1. The maximum absolute atomic E-state index is 7.07. The van der Waals surface area contributed by atoms with E-state index in [1.165, 1.54) is 66.6 Å². The van der Waals surface area contributed by atoms with Crippen molar-refractivity contribution in [2.45, 2.75) is 45.4 Å². The molecule has 2 aliphatic carbocycles. The van der Waals surface area contributed by atoms with E-state index in [-0.39, 0.29) is 10.8 Å². The molecule has 4 heterocycles. The summed E-state index contributed by atoms with van der Waals surface area (Å²) in [5, 5.41) is 9.72. The molecule has 0 spiro atoms. The lowest BCUT2D eigenvalue weighted by Gasteiger charge is -2.27. The number of hydrogen-bond acceptors (Lipinski definition) is 4. The van der Waals surface area contributed by atoms with Crippen LogP contribution in [-0.2, 0) is 10.8 Å². The molecule has 0 aliphatic heterocycles. The molecule has 16 aromatic rings. The van der Waals surface area contributed by atoms with Crippen molar-refractivity contribution in [2.24, 2.45) is 0 Å². The van der Waals surface area contributed by atoms with Crippen LogP contribution in [0.25, 0.3) is 99.6 Å². The first kappa shape index (κ1) is 60.8. The third kappa shape index (κ3) is 10.5. The van der Waals surface area contributed by atoms with Gasteiger partial charge in [0.15, 0.2) is 11.2 Å². The van der Waals surface area contributed by atoms with Crippen LogP contribution in [-0.4, -0.2) is 9.13 Å². The van der Waals surface area contributed by atoms with Gasteiger partial charge < -0.3 is 28.6 Å². The Morgan fingerprint density at radius 2 is 0.840 bits per heavy atom. The molecule has 0 amide bonds. The highest BCUT2D eigenvalue weighted by molar-refractivity contribution is 9.10. The van der Waals surface area contributed by atoms with E-state index in [1.54, 1.807) is 0 Å². The molecule has 0 saturated carbocycles. The summed E-state index contributed by atoms with van der Waals surface area (Å²) >= 11 is 29.0. The Morgan fingerprint density at radius 3 is 1.39 bits per heavy atom. The van der Waals surface area contributed by atoms with Crippen LogP contribution in [0, 0.1) is 6.92 Å².